The Morgan fingerprint density at radius 3 is 2.81 bits per heavy atom. The monoisotopic (exact) mass is 334 g/mol. The lowest BCUT2D eigenvalue weighted by atomic mass is 10.0. The van der Waals surface area contributed by atoms with E-state index in [2.05, 4.69) is 20.9 Å². The SMILES string of the molecule is Cl.Cl.O=C(NCCCNc1ccccn1)[C@H]1CCCCN1. The molecule has 0 radical (unpaired) electrons. The molecule has 1 amide bonds. The third-order valence-electron chi connectivity index (χ3n) is 3.25. The Balaban J connectivity index is 0.00000200. The highest BCUT2D eigenvalue weighted by Gasteiger charge is 2.19. The Kier molecular flexibility index (Phi) is 11.0. The summed E-state index contributed by atoms with van der Waals surface area (Å²) in [5.74, 6) is 1.01. The van der Waals surface area contributed by atoms with Crippen LogP contribution in [0.3, 0.4) is 0 Å². The maximum absolute atomic E-state index is 11.8. The summed E-state index contributed by atoms with van der Waals surface area (Å²) < 4.78 is 0. The van der Waals surface area contributed by atoms with Crippen molar-refractivity contribution in [3.63, 3.8) is 0 Å². The fourth-order valence-electron chi connectivity index (χ4n) is 2.18. The second-order valence-corrected chi connectivity index (χ2v) is 4.79. The predicted octanol–water partition coefficient (Wildman–Crippen LogP) is 1.99. The van der Waals surface area contributed by atoms with Gasteiger partial charge in [0.05, 0.1) is 6.04 Å². The molecule has 1 aromatic heterocycles. The van der Waals surface area contributed by atoms with Gasteiger partial charge >= 0.3 is 0 Å². The molecule has 5 nitrogen and oxygen atoms in total. The quantitative estimate of drug-likeness (QED) is 0.696. The van der Waals surface area contributed by atoms with Crippen molar-refractivity contribution in [2.45, 2.75) is 31.7 Å². The molecule has 2 heterocycles. The van der Waals surface area contributed by atoms with Gasteiger partial charge in [0.1, 0.15) is 5.82 Å². The van der Waals surface area contributed by atoms with E-state index in [1.165, 1.54) is 6.42 Å². The maximum Gasteiger partial charge on any atom is 0.237 e. The molecule has 0 unspecified atom stereocenters. The number of rotatable bonds is 6. The zero-order valence-electron chi connectivity index (χ0n) is 12.0. The molecule has 0 saturated carbocycles. The van der Waals surface area contributed by atoms with E-state index in [-0.39, 0.29) is 36.8 Å². The van der Waals surface area contributed by atoms with Gasteiger partial charge < -0.3 is 16.0 Å². The number of amides is 1. The van der Waals surface area contributed by atoms with E-state index < -0.39 is 0 Å². The molecule has 7 heteroatoms. The predicted molar refractivity (Wildman–Crippen MR) is 90.5 cm³/mol. The van der Waals surface area contributed by atoms with Crippen molar-refractivity contribution < 1.29 is 4.79 Å². The second kappa shape index (κ2) is 11.6. The molecular weight excluding hydrogens is 311 g/mol. The molecule has 1 aliphatic heterocycles. The number of halogens is 2. The largest absolute Gasteiger partial charge is 0.370 e. The average Bonchev–Trinajstić information content (AvgIpc) is 2.49. The van der Waals surface area contributed by atoms with Crippen LogP contribution in [-0.2, 0) is 4.79 Å². The van der Waals surface area contributed by atoms with E-state index in [0.717, 1.165) is 38.2 Å². The Bertz CT molecular complexity index is 386. The summed E-state index contributed by atoms with van der Waals surface area (Å²) >= 11 is 0. The summed E-state index contributed by atoms with van der Waals surface area (Å²) in [5, 5.41) is 9.44. The maximum atomic E-state index is 11.8. The van der Waals surface area contributed by atoms with Gasteiger partial charge in [-0.2, -0.15) is 0 Å². The molecule has 1 atom stereocenters. The molecule has 1 aromatic rings. The van der Waals surface area contributed by atoms with Crippen molar-refractivity contribution in [1.29, 1.82) is 0 Å². The molecular formula is C14H24Cl2N4O. The average molecular weight is 335 g/mol. The van der Waals surface area contributed by atoms with Crippen molar-refractivity contribution in [2.24, 2.45) is 0 Å². The van der Waals surface area contributed by atoms with Crippen molar-refractivity contribution in [2.75, 3.05) is 25.0 Å². The number of carbonyl (C=O) groups excluding carboxylic acids is 1. The van der Waals surface area contributed by atoms with Crippen molar-refractivity contribution in [1.82, 2.24) is 15.6 Å². The molecule has 1 saturated heterocycles. The van der Waals surface area contributed by atoms with Crippen LogP contribution in [0.4, 0.5) is 5.82 Å². The van der Waals surface area contributed by atoms with Crippen molar-refractivity contribution >= 4 is 36.5 Å². The summed E-state index contributed by atoms with van der Waals surface area (Å²) in [4.78, 5) is 16.0. The molecule has 0 spiro atoms. The normalized spacial score (nSPS) is 17.0. The lowest BCUT2D eigenvalue weighted by molar-refractivity contribution is -0.123. The van der Waals surface area contributed by atoms with Gasteiger partial charge in [-0.25, -0.2) is 4.98 Å². The first kappa shape index (κ1) is 20.0. The Labute approximate surface area is 138 Å². The molecule has 1 aliphatic rings. The van der Waals surface area contributed by atoms with Gasteiger partial charge in [0.15, 0.2) is 0 Å². The molecule has 1 fully saturated rings. The van der Waals surface area contributed by atoms with Crippen LogP contribution in [0.1, 0.15) is 25.7 Å². The van der Waals surface area contributed by atoms with Crippen LogP contribution < -0.4 is 16.0 Å². The van der Waals surface area contributed by atoms with Crippen LogP contribution >= 0.6 is 24.8 Å². The molecule has 0 bridgehead atoms. The van der Waals surface area contributed by atoms with Crippen LogP contribution in [0.15, 0.2) is 24.4 Å². The zero-order chi connectivity index (χ0) is 13.3. The number of anilines is 1. The highest BCUT2D eigenvalue weighted by Crippen LogP contribution is 2.06. The number of carbonyl (C=O) groups is 1. The van der Waals surface area contributed by atoms with Crippen LogP contribution in [0.5, 0.6) is 0 Å². The fourth-order valence-corrected chi connectivity index (χ4v) is 2.18. The van der Waals surface area contributed by atoms with E-state index in [4.69, 9.17) is 0 Å². The Morgan fingerprint density at radius 1 is 1.29 bits per heavy atom. The lowest BCUT2D eigenvalue weighted by Gasteiger charge is -2.22. The number of pyridine rings is 1. The topological polar surface area (TPSA) is 66.0 Å². The standard InChI is InChI=1S/C14H22N4O.2ClH/c19-14(12-6-1-3-8-15-12)18-11-5-10-17-13-7-2-4-9-16-13;;/h2,4,7,9,12,15H,1,3,5-6,8,10-11H2,(H,16,17)(H,18,19);2*1H/t12-;;/m1../s1. The van der Waals surface area contributed by atoms with E-state index in [9.17, 15) is 4.79 Å². The molecule has 0 aromatic carbocycles. The minimum atomic E-state index is 0. The number of hydrogen-bond donors (Lipinski definition) is 3. The number of nitrogens with one attached hydrogen (secondary N) is 3. The van der Waals surface area contributed by atoms with Gasteiger partial charge in [-0.05, 0) is 37.9 Å². The fraction of sp³-hybridized carbons (Fsp3) is 0.571. The zero-order valence-corrected chi connectivity index (χ0v) is 13.6. The van der Waals surface area contributed by atoms with Gasteiger partial charge in [-0.1, -0.05) is 12.5 Å². The highest BCUT2D eigenvalue weighted by atomic mass is 35.5. The van der Waals surface area contributed by atoms with Crippen LogP contribution in [-0.4, -0.2) is 36.6 Å². The van der Waals surface area contributed by atoms with Crippen LogP contribution in [0.25, 0.3) is 0 Å². The van der Waals surface area contributed by atoms with E-state index in [1.54, 1.807) is 6.20 Å². The van der Waals surface area contributed by atoms with E-state index >= 15 is 0 Å². The van der Waals surface area contributed by atoms with Crippen molar-refractivity contribution in [3.05, 3.63) is 24.4 Å². The third kappa shape index (κ3) is 7.50. The van der Waals surface area contributed by atoms with E-state index in [1.807, 2.05) is 18.2 Å². The highest BCUT2D eigenvalue weighted by molar-refractivity contribution is 5.85. The van der Waals surface area contributed by atoms with Gasteiger partial charge in [-0.15, -0.1) is 24.8 Å². The minimum Gasteiger partial charge on any atom is -0.370 e. The van der Waals surface area contributed by atoms with Gasteiger partial charge in [-0.3, -0.25) is 4.79 Å². The number of aromatic nitrogens is 1. The van der Waals surface area contributed by atoms with Gasteiger partial charge in [0.2, 0.25) is 5.91 Å². The molecule has 0 aliphatic carbocycles. The molecule has 3 N–H and O–H groups in total. The Hall–Kier alpha value is -1.04. The van der Waals surface area contributed by atoms with Crippen molar-refractivity contribution in [3.8, 4) is 0 Å². The second-order valence-electron chi connectivity index (χ2n) is 4.79. The summed E-state index contributed by atoms with van der Waals surface area (Å²) in [6, 6.07) is 5.79. The first-order chi connectivity index (χ1) is 9.36. The molecule has 120 valence electrons. The molecule has 21 heavy (non-hydrogen) atoms. The Morgan fingerprint density at radius 2 is 2.14 bits per heavy atom. The lowest BCUT2D eigenvalue weighted by Crippen LogP contribution is -2.46. The molecule has 2 rings (SSSR count). The third-order valence-corrected chi connectivity index (χ3v) is 3.25. The van der Waals surface area contributed by atoms with Gasteiger partial charge in [0, 0.05) is 19.3 Å². The minimum absolute atomic E-state index is 0. The van der Waals surface area contributed by atoms with E-state index in [0.29, 0.717) is 6.54 Å². The van der Waals surface area contributed by atoms with Crippen LogP contribution in [0, 0.1) is 0 Å². The summed E-state index contributed by atoms with van der Waals surface area (Å²) in [7, 11) is 0. The smallest absolute Gasteiger partial charge is 0.237 e. The van der Waals surface area contributed by atoms with Crippen LogP contribution in [0.2, 0.25) is 0 Å². The summed E-state index contributed by atoms with van der Waals surface area (Å²) in [5.41, 5.74) is 0. The number of hydrogen-bond acceptors (Lipinski definition) is 4. The first-order valence-electron chi connectivity index (χ1n) is 7.02. The number of piperidine rings is 1. The number of nitrogens with zero attached hydrogens (tertiary/aromatic N) is 1. The summed E-state index contributed by atoms with van der Waals surface area (Å²) in [6.07, 6.45) is 5.94. The first-order valence-corrected chi connectivity index (χ1v) is 7.02. The van der Waals surface area contributed by atoms with Gasteiger partial charge in [0.25, 0.3) is 0 Å². The summed E-state index contributed by atoms with van der Waals surface area (Å²) in [6.45, 7) is 2.48.